The van der Waals surface area contributed by atoms with Gasteiger partial charge in [-0.05, 0) is 19.9 Å². The zero-order valence-electron chi connectivity index (χ0n) is 9.93. The third-order valence-corrected chi connectivity index (χ3v) is 2.34. The lowest BCUT2D eigenvalue weighted by molar-refractivity contribution is 0.408. The molecule has 0 spiro atoms. The van der Waals surface area contributed by atoms with Crippen LogP contribution in [0.5, 0.6) is 5.75 Å². The number of nitrogen functional groups attached to an aromatic ring is 1. The monoisotopic (exact) mass is 234 g/mol. The molecule has 2 rings (SSSR count). The Morgan fingerprint density at radius 1 is 1.35 bits per heavy atom. The van der Waals surface area contributed by atoms with Crippen LogP contribution in [0, 0.1) is 13.8 Å². The SMILES string of the molecule is COc1c(NN)ncnc1-n1nc(C)cc1C. The normalized spacial score (nSPS) is 10.4. The summed E-state index contributed by atoms with van der Waals surface area (Å²) < 4.78 is 6.95. The first kappa shape index (κ1) is 11.3. The highest BCUT2D eigenvalue weighted by atomic mass is 16.5. The molecule has 90 valence electrons. The molecule has 0 atom stereocenters. The standard InChI is InChI=1S/C10H14N6O/c1-6-4-7(2)16(15-6)10-8(17-3)9(14-11)12-5-13-10/h4-5H,11H2,1-3H3,(H,12,13,14). The third kappa shape index (κ3) is 1.92. The summed E-state index contributed by atoms with van der Waals surface area (Å²) in [6.07, 6.45) is 1.41. The lowest BCUT2D eigenvalue weighted by Gasteiger charge is -2.11. The van der Waals surface area contributed by atoms with Crippen molar-refractivity contribution in [1.29, 1.82) is 0 Å². The van der Waals surface area contributed by atoms with Crippen LogP contribution in [0.1, 0.15) is 11.4 Å². The number of nitrogens with one attached hydrogen (secondary N) is 1. The van der Waals surface area contributed by atoms with Crippen LogP contribution in [0.25, 0.3) is 5.82 Å². The Bertz CT molecular complexity index is 536. The Morgan fingerprint density at radius 2 is 2.12 bits per heavy atom. The van der Waals surface area contributed by atoms with Crippen molar-refractivity contribution in [3.05, 3.63) is 23.8 Å². The van der Waals surface area contributed by atoms with Crippen LogP contribution in [-0.2, 0) is 0 Å². The number of aryl methyl sites for hydroxylation is 2. The lowest BCUT2D eigenvalue weighted by Crippen LogP contribution is -2.13. The van der Waals surface area contributed by atoms with Crippen LogP contribution in [0.3, 0.4) is 0 Å². The van der Waals surface area contributed by atoms with Crippen LogP contribution in [0.4, 0.5) is 5.82 Å². The molecular formula is C10H14N6O. The molecule has 0 saturated heterocycles. The number of aromatic nitrogens is 4. The Hall–Kier alpha value is -2.15. The Balaban J connectivity index is 2.62. The lowest BCUT2D eigenvalue weighted by atomic mass is 10.4. The number of nitrogens with zero attached hydrogens (tertiary/aromatic N) is 4. The van der Waals surface area contributed by atoms with Gasteiger partial charge in [-0.3, -0.25) is 0 Å². The maximum atomic E-state index is 5.37. The van der Waals surface area contributed by atoms with Gasteiger partial charge in [-0.25, -0.2) is 20.5 Å². The molecule has 0 radical (unpaired) electrons. The fourth-order valence-electron chi connectivity index (χ4n) is 1.65. The van der Waals surface area contributed by atoms with Gasteiger partial charge in [-0.2, -0.15) is 5.10 Å². The summed E-state index contributed by atoms with van der Waals surface area (Å²) in [5, 5.41) is 4.34. The topological polar surface area (TPSA) is 90.9 Å². The molecule has 0 unspecified atom stereocenters. The van der Waals surface area contributed by atoms with E-state index in [1.54, 1.807) is 4.68 Å². The van der Waals surface area contributed by atoms with E-state index < -0.39 is 0 Å². The fourth-order valence-corrected chi connectivity index (χ4v) is 1.65. The summed E-state index contributed by atoms with van der Waals surface area (Å²) in [6.45, 7) is 3.86. The fraction of sp³-hybridized carbons (Fsp3) is 0.300. The van der Waals surface area contributed by atoms with E-state index in [0.29, 0.717) is 17.4 Å². The Labute approximate surface area is 98.6 Å². The summed E-state index contributed by atoms with van der Waals surface area (Å²) in [7, 11) is 1.54. The molecule has 0 saturated carbocycles. The van der Waals surface area contributed by atoms with Crippen molar-refractivity contribution in [1.82, 2.24) is 19.7 Å². The first-order valence-corrected chi connectivity index (χ1v) is 5.06. The maximum absolute atomic E-state index is 5.37. The van der Waals surface area contributed by atoms with E-state index in [0.717, 1.165) is 11.4 Å². The van der Waals surface area contributed by atoms with E-state index in [2.05, 4.69) is 20.5 Å². The van der Waals surface area contributed by atoms with Gasteiger partial charge in [0.15, 0.2) is 5.82 Å². The summed E-state index contributed by atoms with van der Waals surface area (Å²) >= 11 is 0. The Morgan fingerprint density at radius 3 is 2.65 bits per heavy atom. The van der Waals surface area contributed by atoms with Gasteiger partial charge < -0.3 is 10.2 Å². The molecule has 3 N–H and O–H groups in total. The number of anilines is 1. The molecule has 0 aromatic carbocycles. The van der Waals surface area contributed by atoms with Crippen molar-refractivity contribution >= 4 is 5.82 Å². The molecule has 0 aliphatic carbocycles. The molecule has 0 fully saturated rings. The summed E-state index contributed by atoms with van der Waals surface area (Å²) in [4.78, 5) is 8.15. The maximum Gasteiger partial charge on any atom is 0.207 e. The predicted octanol–water partition coefficient (Wildman–Crippen LogP) is 0.573. The van der Waals surface area contributed by atoms with Crippen molar-refractivity contribution in [3.8, 4) is 11.6 Å². The van der Waals surface area contributed by atoms with Crippen LogP contribution in [-0.4, -0.2) is 26.9 Å². The van der Waals surface area contributed by atoms with E-state index in [1.165, 1.54) is 13.4 Å². The van der Waals surface area contributed by atoms with E-state index in [-0.39, 0.29) is 0 Å². The minimum Gasteiger partial charge on any atom is -0.490 e. The van der Waals surface area contributed by atoms with Crippen molar-refractivity contribution in [3.63, 3.8) is 0 Å². The molecule has 2 heterocycles. The quantitative estimate of drug-likeness (QED) is 0.596. The van der Waals surface area contributed by atoms with E-state index in [9.17, 15) is 0 Å². The molecule has 2 aromatic rings. The van der Waals surface area contributed by atoms with Gasteiger partial charge in [-0.1, -0.05) is 0 Å². The van der Waals surface area contributed by atoms with Gasteiger partial charge in [0, 0.05) is 5.69 Å². The smallest absolute Gasteiger partial charge is 0.207 e. The highest BCUT2D eigenvalue weighted by Gasteiger charge is 2.15. The molecular weight excluding hydrogens is 220 g/mol. The Kier molecular flexibility index (Phi) is 2.92. The van der Waals surface area contributed by atoms with Gasteiger partial charge in [0.25, 0.3) is 0 Å². The highest BCUT2D eigenvalue weighted by Crippen LogP contribution is 2.27. The average Bonchev–Trinajstić information content (AvgIpc) is 2.67. The summed E-state index contributed by atoms with van der Waals surface area (Å²) in [5.41, 5.74) is 4.33. The first-order valence-electron chi connectivity index (χ1n) is 5.06. The third-order valence-electron chi connectivity index (χ3n) is 2.34. The zero-order valence-corrected chi connectivity index (χ0v) is 9.93. The average molecular weight is 234 g/mol. The van der Waals surface area contributed by atoms with Crippen molar-refractivity contribution in [2.75, 3.05) is 12.5 Å². The molecule has 0 bridgehead atoms. The molecule has 2 aromatic heterocycles. The van der Waals surface area contributed by atoms with E-state index >= 15 is 0 Å². The summed E-state index contributed by atoms with van der Waals surface area (Å²) in [6, 6.07) is 1.96. The molecule has 17 heavy (non-hydrogen) atoms. The molecule has 0 aliphatic heterocycles. The molecule has 7 heteroatoms. The van der Waals surface area contributed by atoms with Crippen molar-refractivity contribution < 1.29 is 4.74 Å². The van der Waals surface area contributed by atoms with Crippen molar-refractivity contribution in [2.24, 2.45) is 5.84 Å². The van der Waals surface area contributed by atoms with Gasteiger partial charge in [0.2, 0.25) is 11.6 Å². The summed E-state index contributed by atoms with van der Waals surface area (Å²) in [5.74, 6) is 6.80. The minimum absolute atomic E-state index is 0.421. The largest absolute Gasteiger partial charge is 0.490 e. The number of rotatable bonds is 3. The second-order valence-corrected chi connectivity index (χ2v) is 3.56. The van der Waals surface area contributed by atoms with Crippen LogP contribution >= 0.6 is 0 Å². The van der Waals surface area contributed by atoms with Gasteiger partial charge in [0.05, 0.1) is 12.8 Å². The molecule has 7 nitrogen and oxygen atoms in total. The number of nitrogens with two attached hydrogens (primary N) is 1. The van der Waals surface area contributed by atoms with E-state index in [1.807, 2.05) is 19.9 Å². The number of hydrogen-bond donors (Lipinski definition) is 2. The van der Waals surface area contributed by atoms with Crippen molar-refractivity contribution in [2.45, 2.75) is 13.8 Å². The van der Waals surface area contributed by atoms with Gasteiger partial charge in [0.1, 0.15) is 6.33 Å². The number of ether oxygens (including phenoxy) is 1. The number of hydrazine groups is 1. The number of methoxy groups -OCH3 is 1. The number of hydrogen-bond acceptors (Lipinski definition) is 6. The predicted molar refractivity (Wildman–Crippen MR) is 63.0 cm³/mol. The van der Waals surface area contributed by atoms with Crippen LogP contribution in [0.15, 0.2) is 12.4 Å². The minimum atomic E-state index is 0.421. The second-order valence-electron chi connectivity index (χ2n) is 3.56. The van der Waals surface area contributed by atoms with Gasteiger partial charge >= 0.3 is 0 Å². The second kappa shape index (κ2) is 4.38. The van der Waals surface area contributed by atoms with E-state index in [4.69, 9.17) is 10.6 Å². The van der Waals surface area contributed by atoms with Gasteiger partial charge in [-0.15, -0.1) is 0 Å². The highest BCUT2D eigenvalue weighted by molar-refractivity contribution is 5.57. The zero-order chi connectivity index (χ0) is 12.4. The van der Waals surface area contributed by atoms with Crippen LogP contribution in [0.2, 0.25) is 0 Å². The molecule has 0 amide bonds. The van der Waals surface area contributed by atoms with Crippen LogP contribution < -0.4 is 16.0 Å². The molecule has 0 aliphatic rings. The first-order chi connectivity index (χ1) is 8.17.